The maximum absolute atomic E-state index is 13.6. The van der Waals surface area contributed by atoms with Crippen LogP contribution in [0.1, 0.15) is 6.04 Å². The normalized spacial score (nSPS) is 25.4. The maximum atomic E-state index is 13.6. The van der Waals surface area contributed by atoms with Crippen molar-refractivity contribution in [3.05, 3.63) is 63.9 Å². The molecule has 1 fully saturated rings. The zero-order valence-corrected chi connectivity index (χ0v) is 19.6. The number of benzene rings is 1. The molecule has 1 aliphatic heterocycles. The number of ether oxygens (including phenoxy) is 1. The van der Waals surface area contributed by atoms with Crippen molar-refractivity contribution >= 4 is 39.3 Å². The lowest BCUT2D eigenvalue weighted by atomic mass is 9.97. The number of aliphatic hydroxyl groups excluding tert-OH is 3. The van der Waals surface area contributed by atoms with Gasteiger partial charge in [0.05, 0.1) is 17.8 Å². The van der Waals surface area contributed by atoms with Gasteiger partial charge in [-0.3, -0.25) is 4.68 Å². The minimum atomic E-state index is -1.59. The van der Waals surface area contributed by atoms with Crippen LogP contribution in [0, 0.1) is 17.5 Å². The second kappa shape index (κ2) is 9.90. The Labute approximate surface area is 203 Å². The molecule has 5 atom stereocenters. The molecule has 33 heavy (non-hydrogen) atoms. The van der Waals surface area contributed by atoms with Gasteiger partial charge < -0.3 is 20.1 Å². The molecule has 0 bridgehead atoms. The smallest absolute Gasteiger partial charge is 0.194 e. The van der Waals surface area contributed by atoms with Crippen molar-refractivity contribution in [3.8, 4) is 11.1 Å². The molecule has 1 aliphatic rings. The molecule has 0 aliphatic carbocycles. The number of halogens is 5. The molecule has 1 saturated heterocycles. The lowest BCUT2D eigenvalue weighted by Crippen LogP contribution is -2.55. The van der Waals surface area contributed by atoms with E-state index in [1.165, 1.54) is 23.3 Å². The van der Waals surface area contributed by atoms with Crippen molar-refractivity contribution in [2.45, 2.75) is 34.7 Å². The summed E-state index contributed by atoms with van der Waals surface area (Å²) in [5, 5.41) is 35.9. The standard InChI is InChI=1S/C20H16BrClF3N3O4S/c21-19-14(3-10(22)5-26-19)33-20-18(31)16(17(30)13(7-29)32-20)28-6-9(4-27-28)8-1-11(23)15(25)12(24)2-8/h1-6,13,16-18,20,29-31H,7H2/t13-,16+,17+,18-,20-/m1/s1. The van der Waals surface area contributed by atoms with E-state index < -0.39 is 53.8 Å². The molecule has 0 unspecified atom stereocenters. The van der Waals surface area contributed by atoms with E-state index in [0.29, 0.717) is 14.5 Å². The Bertz CT molecular complexity index is 1150. The van der Waals surface area contributed by atoms with Gasteiger partial charge in [0.1, 0.15) is 34.4 Å². The topological polar surface area (TPSA) is 101 Å². The molecule has 176 valence electrons. The molecule has 2 aromatic heterocycles. The lowest BCUT2D eigenvalue weighted by molar-refractivity contribution is -0.178. The zero-order valence-electron chi connectivity index (χ0n) is 16.4. The number of nitrogens with zero attached hydrogens (tertiary/aromatic N) is 3. The monoisotopic (exact) mass is 565 g/mol. The summed E-state index contributed by atoms with van der Waals surface area (Å²) in [5.74, 6) is -4.31. The summed E-state index contributed by atoms with van der Waals surface area (Å²) < 4.78 is 47.9. The fourth-order valence-corrected chi connectivity index (χ4v) is 5.28. The van der Waals surface area contributed by atoms with Crippen LogP contribution in [0.5, 0.6) is 0 Å². The van der Waals surface area contributed by atoms with Crippen molar-refractivity contribution in [2.24, 2.45) is 0 Å². The summed E-state index contributed by atoms with van der Waals surface area (Å²) in [6, 6.07) is 2.16. The van der Waals surface area contributed by atoms with Gasteiger partial charge in [0.25, 0.3) is 0 Å². The van der Waals surface area contributed by atoms with E-state index in [1.54, 1.807) is 6.07 Å². The van der Waals surface area contributed by atoms with Gasteiger partial charge in [0.2, 0.25) is 0 Å². The number of hydrogen-bond acceptors (Lipinski definition) is 7. The highest BCUT2D eigenvalue weighted by Crippen LogP contribution is 2.40. The van der Waals surface area contributed by atoms with Crippen LogP contribution in [-0.4, -0.2) is 60.4 Å². The Kier molecular flexibility index (Phi) is 7.34. The number of rotatable bonds is 5. The van der Waals surface area contributed by atoms with Gasteiger partial charge in [0, 0.05) is 22.9 Å². The predicted octanol–water partition coefficient (Wildman–Crippen LogP) is 3.55. The van der Waals surface area contributed by atoms with Crippen molar-refractivity contribution in [1.82, 2.24) is 14.8 Å². The van der Waals surface area contributed by atoms with E-state index in [2.05, 4.69) is 26.0 Å². The van der Waals surface area contributed by atoms with E-state index in [-0.39, 0.29) is 11.1 Å². The molecule has 0 amide bonds. The first-order chi connectivity index (χ1) is 15.7. The number of aromatic nitrogens is 3. The van der Waals surface area contributed by atoms with Crippen LogP contribution in [-0.2, 0) is 4.74 Å². The third-order valence-corrected chi connectivity index (χ3v) is 7.38. The molecule has 7 nitrogen and oxygen atoms in total. The van der Waals surface area contributed by atoms with Crippen LogP contribution in [0.3, 0.4) is 0 Å². The number of aliphatic hydroxyl groups is 3. The molecular weight excluding hydrogens is 551 g/mol. The number of hydrogen-bond donors (Lipinski definition) is 3. The molecule has 0 saturated carbocycles. The fourth-order valence-electron chi connectivity index (χ4n) is 3.46. The Morgan fingerprint density at radius 3 is 2.45 bits per heavy atom. The van der Waals surface area contributed by atoms with Crippen LogP contribution < -0.4 is 0 Å². The maximum Gasteiger partial charge on any atom is 0.194 e. The first kappa shape index (κ1) is 24.5. The fraction of sp³-hybridized carbons (Fsp3) is 0.300. The van der Waals surface area contributed by atoms with Crippen molar-refractivity contribution in [3.63, 3.8) is 0 Å². The summed E-state index contributed by atoms with van der Waals surface area (Å²) in [6.45, 7) is -0.543. The molecular formula is C20H16BrClF3N3O4S. The Balaban J connectivity index is 1.65. The number of pyridine rings is 1. The van der Waals surface area contributed by atoms with Crippen LogP contribution in [0.2, 0.25) is 5.02 Å². The molecule has 1 aromatic carbocycles. The highest BCUT2D eigenvalue weighted by molar-refractivity contribution is 9.10. The van der Waals surface area contributed by atoms with Gasteiger partial charge >= 0.3 is 0 Å². The Morgan fingerprint density at radius 2 is 1.79 bits per heavy atom. The third-order valence-electron chi connectivity index (χ3n) is 5.09. The zero-order chi connectivity index (χ0) is 23.9. The second-order valence-corrected chi connectivity index (χ2v) is 9.55. The summed E-state index contributed by atoms with van der Waals surface area (Å²) in [6.07, 6.45) is 0.292. The summed E-state index contributed by atoms with van der Waals surface area (Å²) in [5.41, 5.74) is -0.710. The van der Waals surface area contributed by atoms with Gasteiger partial charge in [-0.15, -0.1) is 0 Å². The van der Waals surface area contributed by atoms with Crippen molar-refractivity contribution in [2.75, 3.05) is 6.61 Å². The largest absolute Gasteiger partial charge is 0.394 e. The Morgan fingerprint density at radius 1 is 1.09 bits per heavy atom. The average Bonchev–Trinajstić information content (AvgIpc) is 3.26. The third kappa shape index (κ3) is 4.92. The van der Waals surface area contributed by atoms with E-state index >= 15 is 0 Å². The average molecular weight is 567 g/mol. The summed E-state index contributed by atoms with van der Waals surface area (Å²) in [4.78, 5) is 4.63. The first-order valence-electron chi connectivity index (χ1n) is 9.48. The lowest BCUT2D eigenvalue weighted by Gasteiger charge is -2.42. The van der Waals surface area contributed by atoms with Gasteiger partial charge in [-0.05, 0) is 39.7 Å². The molecule has 13 heteroatoms. The molecule has 3 heterocycles. The minimum Gasteiger partial charge on any atom is -0.394 e. The molecule has 4 rings (SSSR count). The van der Waals surface area contributed by atoms with E-state index in [0.717, 1.165) is 23.9 Å². The molecule has 0 spiro atoms. The van der Waals surface area contributed by atoms with E-state index in [4.69, 9.17) is 16.3 Å². The summed E-state index contributed by atoms with van der Waals surface area (Å²) in [7, 11) is 0. The highest BCUT2D eigenvalue weighted by atomic mass is 79.9. The van der Waals surface area contributed by atoms with E-state index in [9.17, 15) is 28.5 Å². The molecule has 3 N–H and O–H groups in total. The van der Waals surface area contributed by atoms with Crippen LogP contribution in [0.25, 0.3) is 11.1 Å². The van der Waals surface area contributed by atoms with Gasteiger partial charge in [-0.25, -0.2) is 18.2 Å². The van der Waals surface area contributed by atoms with Gasteiger partial charge in [-0.2, -0.15) is 5.10 Å². The van der Waals surface area contributed by atoms with Gasteiger partial charge in [0.15, 0.2) is 17.5 Å². The van der Waals surface area contributed by atoms with E-state index in [1.807, 2.05) is 0 Å². The predicted molar refractivity (Wildman–Crippen MR) is 117 cm³/mol. The first-order valence-corrected chi connectivity index (χ1v) is 11.5. The van der Waals surface area contributed by atoms with Crippen LogP contribution >= 0.6 is 39.3 Å². The van der Waals surface area contributed by atoms with Gasteiger partial charge in [-0.1, -0.05) is 23.4 Å². The minimum absolute atomic E-state index is 0.0206. The van der Waals surface area contributed by atoms with Crippen LogP contribution in [0.4, 0.5) is 13.2 Å². The number of thioether (sulfide) groups is 1. The van der Waals surface area contributed by atoms with Crippen LogP contribution in [0.15, 0.2) is 46.3 Å². The SMILES string of the molecule is OC[C@H]1O[C@H](Sc2cc(Cl)cnc2Br)[C@H](O)[C@@H](n2cc(-c3cc(F)c(F)c(F)c3)cn2)[C@H]1O. The summed E-state index contributed by atoms with van der Waals surface area (Å²) >= 11 is 10.4. The Hall–Kier alpha value is -1.67. The van der Waals surface area contributed by atoms with Crippen molar-refractivity contribution < 1.29 is 33.2 Å². The highest BCUT2D eigenvalue weighted by Gasteiger charge is 2.46. The van der Waals surface area contributed by atoms with Crippen molar-refractivity contribution in [1.29, 1.82) is 0 Å². The second-order valence-electron chi connectivity index (χ2n) is 7.22. The molecule has 0 radical (unpaired) electrons. The quantitative estimate of drug-likeness (QED) is 0.321. The molecule has 3 aromatic rings.